The number of alkyl halides is 1. The van der Waals surface area contributed by atoms with E-state index in [1.54, 1.807) is 0 Å². The van der Waals surface area contributed by atoms with Crippen LogP contribution in [-0.2, 0) is 0 Å². The van der Waals surface area contributed by atoms with E-state index < -0.39 is 18.3 Å². The van der Waals surface area contributed by atoms with E-state index in [2.05, 4.69) is 10.6 Å². The summed E-state index contributed by atoms with van der Waals surface area (Å²) in [5.41, 5.74) is 0. The molecule has 4 nitrogen and oxygen atoms in total. The van der Waals surface area contributed by atoms with Crippen LogP contribution in [0.15, 0.2) is 0 Å². The maximum Gasteiger partial charge on any atom is 0.404 e. The van der Waals surface area contributed by atoms with E-state index in [0.717, 1.165) is 0 Å². The van der Waals surface area contributed by atoms with Crippen molar-refractivity contribution in [2.24, 2.45) is 0 Å². The molecule has 11 heavy (non-hydrogen) atoms. The number of nitrogens with one attached hydrogen (secondary N) is 2. The molecule has 0 aromatic carbocycles. The lowest BCUT2D eigenvalue weighted by molar-refractivity contribution is 0.163. The number of carbonyl (C=O) groups is 1. The Hall–Kier alpha value is -0.840. The first-order valence-corrected chi connectivity index (χ1v) is 3.54. The third-order valence-corrected chi connectivity index (χ3v) is 1.72. The summed E-state index contributed by atoms with van der Waals surface area (Å²) in [5, 5.41) is 13.2. The van der Waals surface area contributed by atoms with Crippen molar-refractivity contribution in [3.05, 3.63) is 0 Å². The van der Waals surface area contributed by atoms with Crippen molar-refractivity contribution < 1.29 is 14.3 Å². The fraction of sp³-hybridized carbons (Fsp3) is 0.833. The molecule has 1 aliphatic heterocycles. The van der Waals surface area contributed by atoms with Crippen molar-refractivity contribution in [2.75, 3.05) is 13.1 Å². The molecule has 0 aromatic heterocycles. The molecule has 64 valence electrons. The molecule has 1 heterocycles. The summed E-state index contributed by atoms with van der Waals surface area (Å²) in [6.45, 7) is 0.913. The van der Waals surface area contributed by atoms with Gasteiger partial charge in [0, 0.05) is 6.54 Å². The zero-order valence-corrected chi connectivity index (χ0v) is 6.01. The number of hydrogen-bond donors (Lipinski definition) is 3. The molecule has 5 heteroatoms. The Kier molecular flexibility index (Phi) is 2.64. The van der Waals surface area contributed by atoms with Crippen LogP contribution >= 0.6 is 0 Å². The molecule has 1 saturated heterocycles. The van der Waals surface area contributed by atoms with Gasteiger partial charge in [-0.3, -0.25) is 0 Å². The third kappa shape index (κ3) is 2.34. The fourth-order valence-corrected chi connectivity index (χ4v) is 1.14. The normalized spacial score (nSPS) is 31.4. The Balaban J connectivity index is 2.35. The fourth-order valence-electron chi connectivity index (χ4n) is 1.14. The first-order chi connectivity index (χ1) is 5.20. The van der Waals surface area contributed by atoms with Gasteiger partial charge in [0.1, 0.15) is 6.17 Å². The van der Waals surface area contributed by atoms with Crippen molar-refractivity contribution in [1.29, 1.82) is 0 Å². The molecule has 0 radical (unpaired) electrons. The molecular weight excluding hydrogens is 151 g/mol. The van der Waals surface area contributed by atoms with Gasteiger partial charge in [-0.25, -0.2) is 9.18 Å². The summed E-state index contributed by atoms with van der Waals surface area (Å²) in [7, 11) is 0. The predicted octanol–water partition coefficient (Wildman–Crippen LogP) is -0.0460. The SMILES string of the molecule is O=C(O)N[C@H]1CCNC[C@H]1F. The largest absolute Gasteiger partial charge is 0.465 e. The van der Waals surface area contributed by atoms with Gasteiger partial charge in [-0.2, -0.15) is 0 Å². The summed E-state index contributed by atoms with van der Waals surface area (Å²) in [4.78, 5) is 10.1. The van der Waals surface area contributed by atoms with E-state index in [0.29, 0.717) is 13.0 Å². The molecule has 0 spiro atoms. The highest BCUT2D eigenvalue weighted by Crippen LogP contribution is 2.06. The summed E-state index contributed by atoms with van der Waals surface area (Å²) >= 11 is 0. The average molecular weight is 162 g/mol. The van der Waals surface area contributed by atoms with E-state index in [4.69, 9.17) is 5.11 Å². The molecule has 0 aliphatic carbocycles. The van der Waals surface area contributed by atoms with Crippen LogP contribution in [0, 0.1) is 0 Å². The van der Waals surface area contributed by atoms with E-state index >= 15 is 0 Å². The first-order valence-electron chi connectivity index (χ1n) is 3.54. The molecule has 3 N–H and O–H groups in total. The van der Waals surface area contributed by atoms with Crippen LogP contribution in [0.25, 0.3) is 0 Å². The second kappa shape index (κ2) is 3.52. The summed E-state index contributed by atoms with van der Waals surface area (Å²) in [5.74, 6) is 0. The van der Waals surface area contributed by atoms with Crippen LogP contribution < -0.4 is 10.6 Å². The number of carboxylic acid groups (broad SMARTS) is 1. The third-order valence-electron chi connectivity index (χ3n) is 1.72. The Morgan fingerprint density at radius 2 is 2.45 bits per heavy atom. The molecule has 1 amide bonds. The van der Waals surface area contributed by atoms with Crippen LogP contribution in [-0.4, -0.2) is 36.5 Å². The van der Waals surface area contributed by atoms with Crippen LogP contribution in [0.2, 0.25) is 0 Å². The van der Waals surface area contributed by atoms with Gasteiger partial charge in [0.2, 0.25) is 0 Å². The Bertz CT molecular complexity index is 154. The van der Waals surface area contributed by atoms with Crippen molar-refractivity contribution >= 4 is 6.09 Å². The smallest absolute Gasteiger partial charge is 0.404 e. The maximum absolute atomic E-state index is 12.8. The zero-order chi connectivity index (χ0) is 8.27. The zero-order valence-electron chi connectivity index (χ0n) is 6.01. The van der Waals surface area contributed by atoms with Gasteiger partial charge in [0.05, 0.1) is 6.04 Å². The average Bonchev–Trinajstić information content (AvgIpc) is 1.93. The second-order valence-corrected chi connectivity index (χ2v) is 2.56. The maximum atomic E-state index is 12.8. The van der Waals surface area contributed by atoms with Crippen LogP contribution in [0.4, 0.5) is 9.18 Å². The Morgan fingerprint density at radius 1 is 1.73 bits per heavy atom. The van der Waals surface area contributed by atoms with Gasteiger partial charge in [-0.05, 0) is 13.0 Å². The predicted molar refractivity (Wildman–Crippen MR) is 37.3 cm³/mol. The summed E-state index contributed by atoms with van der Waals surface area (Å²) in [6.07, 6.45) is -1.73. The van der Waals surface area contributed by atoms with Crippen molar-refractivity contribution in [2.45, 2.75) is 18.6 Å². The van der Waals surface area contributed by atoms with Crippen molar-refractivity contribution in [3.63, 3.8) is 0 Å². The molecule has 1 fully saturated rings. The molecule has 0 bridgehead atoms. The molecule has 0 saturated carbocycles. The molecule has 1 aliphatic rings. The highest BCUT2D eigenvalue weighted by atomic mass is 19.1. The summed E-state index contributed by atoms with van der Waals surface area (Å²) < 4.78 is 12.8. The molecule has 0 aromatic rings. The lowest BCUT2D eigenvalue weighted by Crippen LogP contribution is -2.50. The number of halogens is 1. The molecule has 0 unspecified atom stereocenters. The number of piperidine rings is 1. The minimum atomic E-state index is -1.15. The molecule has 1 rings (SSSR count). The highest BCUT2D eigenvalue weighted by Gasteiger charge is 2.25. The van der Waals surface area contributed by atoms with Gasteiger partial charge in [0.25, 0.3) is 0 Å². The van der Waals surface area contributed by atoms with E-state index in [1.807, 2.05) is 0 Å². The minimum Gasteiger partial charge on any atom is -0.465 e. The highest BCUT2D eigenvalue weighted by molar-refractivity contribution is 5.64. The standard InChI is InChI=1S/C6H11FN2O2/c7-4-3-8-2-1-5(4)9-6(10)11/h4-5,8-9H,1-3H2,(H,10,11)/t4-,5+/m1/s1. The van der Waals surface area contributed by atoms with Crippen LogP contribution in [0.3, 0.4) is 0 Å². The number of amides is 1. The molecule has 2 atom stereocenters. The van der Waals surface area contributed by atoms with Gasteiger partial charge in [0.15, 0.2) is 0 Å². The van der Waals surface area contributed by atoms with Gasteiger partial charge < -0.3 is 15.7 Å². The Labute approximate surface area is 63.8 Å². The topological polar surface area (TPSA) is 61.4 Å². The van der Waals surface area contributed by atoms with E-state index in [-0.39, 0.29) is 6.54 Å². The van der Waals surface area contributed by atoms with Crippen molar-refractivity contribution in [1.82, 2.24) is 10.6 Å². The Morgan fingerprint density at radius 3 is 3.00 bits per heavy atom. The number of rotatable bonds is 1. The van der Waals surface area contributed by atoms with Gasteiger partial charge >= 0.3 is 6.09 Å². The second-order valence-electron chi connectivity index (χ2n) is 2.56. The summed E-state index contributed by atoms with van der Waals surface area (Å²) in [6, 6.07) is -0.534. The van der Waals surface area contributed by atoms with Crippen LogP contribution in [0.1, 0.15) is 6.42 Å². The van der Waals surface area contributed by atoms with E-state index in [1.165, 1.54) is 0 Å². The lowest BCUT2D eigenvalue weighted by atomic mass is 10.1. The number of hydrogen-bond acceptors (Lipinski definition) is 2. The first kappa shape index (κ1) is 8.26. The quantitative estimate of drug-likeness (QED) is 0.506. The lowest BCUT2D eigenvalue weighted by Gasteiger charge is -2.26. The van der Waals surface area contributed by atoms with E-state index in [9.17, 15) is 9.18 Å². The van der Waals surface area contributed by atoms with Crippen LogP contribution in [0.5, 0.6) is 0 Å². The minimum absolute atomic E-state index is 0.241. The van der Waals surface area contributed by atoms with Gasteiger partial charge in [-0.1, -0.05) is 0 Å². The monoisotopic (exact) mass is 162 g/mol. The van der Waals surface area contributed by atoms with Crippen molar-refractivity contribution in [3.8, 4) is 0 Å². The van der Waals surface area contributed by atoms with Gasteiger partial charge in [-0.15, -0.1) is 0 Å². The molecular formula is C6H11FN2O2.